The SMILES string of the molecule is CC(=O)Cc1sc2c(c1C(=O)N1CCCC1)CCN(C(=O)c1ccc3[nH]nnc3c1)C2. The number of ketones is 1. The van der Waals surface area contributed by atoms with Crippen LogP contribution in [0.2, 0.25) is 0 Å². The number of hydrogen-bond donors (Lipinski definition) is 1. The molecule has 0 unspecified atom stereocenters. The van der Waals surface area contributed by atoms with E-state index in [0.29, 0.717) is 36.2 Å². The Kier molecular flexibility index (Phi) is 5.05. The van der Waals surface area contributed by atoms with Crippen molar-refractivity contribution in [2.24, 2.45) is 0 Å². The minimum absolute atomic E-state index is 0.0440. The van der Waals surface area contributed by atoms with E-state index < -0.39 is 0 Å². The maximum atomic E-state index is 13.2. The molecule has 2 aliphatic heterocycles. The Bertz CT molecular complexity index is 1190. The van der Waals surface area contributed by atoms with Gasteiger partial charge in [0.1, 0.15) is 11.3 Å². The summed E-state index contributed by atoms with van der Waals surface area (Å²) in [6.07, 6.45) is 2.94. The summed E-state index contributed by atoms with van der Waals surface area (Å²) < 4.78 is 0. The largest absolute Gasteiger partial charge is 0.339 e. The van der Waals surface area contributed by atoms with Crippen molar-refractivity contribution in [3.05, 3.63) is 44.6 Å². The van der Waals surface area contributed by atoms with Gasteiger partial charge in [0.05, 0.1) is 17.6 Å². The molecule has 1 fully saturated rings. The summed E-state index contributed by atoms with van der Waals surface area (Å²) in [5.41, 5.74) is 3.75. The van der Waals surface area contributed by atoms with Gasteiger partial charge in [0.25, 0.3) is 11.8 Å². The number of carbonyl (C=O) groups excluding carboxylic acids is 3. The molecule has 0 spiro atoms. The van der Waals surface area contributed by atoms with Gasteiger partial charge in [0.2, 0.25) is 0 Å². The zero-order valence-electron chi connectivity index (χ0n) is 17.3. The van der Waals surface area contributed by atoms with Gasteiger partial charge in [0, 0.05) is 41.4 Å². The minimum atomic E-state index is -0.0653. The lowest BCUT2D eigenvalue weighted by molar-refractivity contribution is -0.116. The zero-order valence-corrected chi connectivity index (χ0v) is 18.1. The molecule has 2 aliphatic rings. The van der Waals surface area contributed by atoms with Gasteiger partial charge in [-0.1, -0.05) is 5.21 Å². The number of aromatic nitrogens is 3. The van der Waals surface area contributed by atoms with Gasteiger partial charge >= 0.3 is 0 Å². The molecule has 0 aliphatic carbocycles. The van der Waals surface area contributed by atoms with E-state index in [1.807, 2.05) is 9.80 Å². The highest BCUT2D eigenvalue weighted by Crippen LogP contribution is 2.35. The van der Waals surface area contributed by atoms with Gasteiger partial charge in [-0.3, -0.25) is 19.5 Å². The van der Waals surface area contributed by atoms with Crippen LogP contribution in [0, 0.1) is 0 Å². The predicted octanol–water partition coefficient (Wildman–Crippen LogP) is 2.59. The van der Waals surface area contributed by atoms with Crippen LogP contribution in [0.1, 0.15) is 55.8 Å². The fraction of sp³-hybridized carbons (Fsp3) is 0.409. The molecule has 5 rings (SSSR count). The van der Waals surface area contributed by atoms with E-state index in [0.717, 1.165) is 46.8 Å². The number of rotatable bonds is 4. The summed E-state index contributed by atoms with van der Waals surface area (Å²) in [5.74, 6) is 0.0231. The number of thiophene rings is 1. The second-order valence-electron chi connectivity index (χ2n) is 8.20. The Morgan fingerprint density at radius 2 is 1.90 bits per heavy atom. The number of fused-ring (bicyclic) bond motifs is 2. The minimum Gasteiger partial charge on any atom is -0.339 e. The summed E-state index contributed by atoms with van der Waals surface area (Å²) >= 11 is 1.51. The van der Waals surface area contributed by atoms with Crippen LogP contribution >= 0.6 is 11.3 Å². The number of amides is 2. The van der Waals surface area contributed by atoms with Crippen molar-refractivity contribution in [3.8, 4) is 0 Å². The molecule has 4 heterocycles. The Morgan fingerprint density at radius 1 is 1.10 bits per heavy atom. The van der Waals surface area contributed by atoms with Crippen LogP contribution < -0.4 is 0 Å². The van der Waals surface area contributed by atoms with Crippen LogP contribution in [0.25, 0.3) is 11.0 Å². The molecule has 31 heavy (non-hydrogen) atoms. The lowest BCUT2D eigenvalue weighted by Gasteiger charge is -2.28. The van der Waals surface area contributed by atoms with Gasteiger partial charge in [0.15, 0.2) is 0 Å². The second kappa shape index (κ2) is 7.88. The Hall–Kier alpha value is -3.07. The van der Waals surface area contributed by atoms with E-state index in [9.17, 15) is 14.4 Å². The third-order valence-electron chi connectivity index (χ3n) is 6.01. The van der Waals surface area contributed by atoms with Crippen molar-refractivity contribution in [1.82, 2.24) is 25.2 Å². The third-order valence-corrected chi connectivity index (χ3v) is 7.22. The maximum Gasteiger partial charge on any atom is 0.255 e. The third kappa shape index (κ3) is 3.63. The van der Waals surface area contributed by atoms with E-state index in [1.54, 1.807) is 25.1 Å². The van der Waals surface area contributed by atoms with Crippen LogP contribution in [-0.4, -0.2) is 62.4 Å². The zero-order chi connectivity index (χ0) is 21.5. The Labute approximate surface area is 183 Å². The van der Waals surface area contributed by atoms with Gasteiger partial charge in [-0.2, -0.15) is 0 Å². The molecular weight excluding hydrogens is 414 g/mol. The van der Waals surface area contributed by atoms with Gasteiger partial charge in [-0.15, -0.1) is 16.4 Å². The number of nitrogens with zero attached hydrogens (tertiary/aromatic N) is 4. The molecule has 1 saturated heterocycles. The van der Waals surface area contributed by atoms with Crippen molar-refractivity contribution in [3.63, 3.8) is 0 Å². The molecule has 2 amide bonds. The molecule has 8 nitrogen and oxygen atoms in total. The number of hydrogen-bond acceptors (Lipinski definition) is 6. The quantitative estimate of drug-likeness (QED) is 0.676. The highest BCUT2D eigenvalue weighted by atomic mass is 32.1. The first-order valence-corrected chi connectivity index (χ1v) is 11.3. The standard InChI is InChI=1S/C22H23N5O3S/c1-13(28)10-18-20(22(30)26-7-2-3-8-26)15-6-9-27(12-19(15)31-18)21(29)14-4-5-16-17(11-14)24-25-23-16/h4-5,11H,2-3,6-10,12H2,1H3,(H,23,24,25). The summed E-state index contributed by atoms with van der Waals surface area (Å²) in [4.78, 5) is 43.8. The topological polar surface area (TPSA) is 99.3 Å². The molecule has 0 atom stereocenters. The number of H-pyrrole nitrogens is 1. The molecule has 0 radical (unpaired) electrons. The highest BCUT2D eigenvalue weighted by Gasteiger charge is 2.32. The molecule has 0 bridgehead atoms. The van der Waals surface area contributed by atoms with Crippen LogP contribution in [0.3, 0.4) is 0 Å². The van der Waals surface area contributed by atoms with E-state index in [2.05, 4.69) is 15.4 Å². The highest BCUT2D eigenvalue weighted by molar-refractivity contribution is 7.12. The smallest absolute Gasteiger partial charge is 0.255 e. The van der Waals surface area contributed by atoms with E-state index in [1.165, 1.54) is 11.3 Å². The van der Waals surface area contributed by atoms with E-state index >= 15 is 0 Å². The second-order valence-corrected chi connectivity index (χ2v) is 9.39. The van der Waals surface area contributed by atoms with Crippen molar-refractivity contribution in [2.45, 2.75) is 39.2 Å². The first-order chi connectivity index (χ1) is 15.0. The van der Waals surface area contributed by atoms with Crippen LogP contribution in [0.5, 0.6) is 0 Å². The number of likely N-dealkylation sites (tertiary alicyclic amines) is 1. The van der Waals surface area contributed by atoms with Crippen molar-refractivity contribution >= 4 is 40.0 Å². The first kappa shape index (κ1) is 19.9. The monoisotopic (exact) mass is 437 g/mol. The molecule has 0 saturated carbocycles. The molecule has 2 aromatic heterocycles. The van der Waals surface area contributed by atoms with Gasteiger partial charge < -0.3 is 9.80 Å². The number of carbonyl (C=O) groups is 3. The van der Waals surface area contributed by atoms with Crippen LogP contribution in [0.15, 0.2) is 18.2 Å². The summed E-state index contributed by atoms with van der Waals surface area (Å²) in [7, 11) is 0. The fourth-order valence-corrected chi connectivity index (χ4v) is 5.90. The number of benzene rings is 1. The van der Waals surface area contributed by atoms with E-state index in [4.69, 9.17) is 0 Å². The molecule has 1 aromatic carbocycles. The lowest BCUT2D eigenvalue weighted by Crippen LogP contribution is -2.36. The average Bonchev–Trinajstić information content (AvgIpc) is 3.50. The average molecular weight is 438 g/mol. The summed E-state index contributed by atoms with van der Waals surface area (Å²) in [6, 6.07) is 5.33. The van der Waals surface area contributed by atoms with Crippen molar-refractivity contribution in [1.29, 1.82) is 0 Å². The predicted molar refractivity (Wildman–Crippen MR) is 116 cm³/mol. The molecule has 9 heteroatoms. The van der Waals surface area contributed by atoms with Crippen LogP contribution in [-0.2, 0) is 24.2 Å². The fourth-order valence-electron chi connectivity index (χ4n) is 4.47. The normalized spacial score (nSPS) is 16.0. The first-order valence-electron chi connectivity index (χ1n) is 10.5. The molecule has 1 N–H and O–H groups in total. The molecular formula is C22H23N5O3S. The Balaban J connectivity index is 1.44. The number of Topliss-reactive ketones (excluding diaryl/α,β-unsaturated/α-hetero) is 1. The van der Waals surface area contributed by atoms with Crippen molar-refractivity contribution < 1.29 is 14.4 Å². The molecule has 160 valence electrons. The van der Waals surface area contributed by atoms with Gasteiger partial charge in [-0.25, -0.2) is 0 Å². The van der Waals surface area contributed by atoms with Crippen molar-refractivity contribution in [2.75, 3.05) is 19.6 Å². The maximum absolute atomic E-state index is 13.2. The molecule has 3 aromatic rings. The van der Waals surface area contributed by atoms with Gasteiger partial charge in [-0.05, 0) is 49.9 Å². The summed E-state index contributed by atoms with van der Waals surface area (Å²) in [5, 5.41) is 10.6. The lowest BCUT2D eigenvalue weighted by atomic mass is 9.98. The number of aromatic amines is 1. The van der Waals surface area contributed by atoms with Crippen LogP contribution in [0.4, 0.5) is 0 Å². The number of nitrogens with one attached hydrogen (secondary N) is 1. The van der Waals surface area contributed by atoms with E-state index in [-0.39, 0.29) is 24.0 Å². The Morgan fingerprint density at radius 3 is 2.68 bits per heavy atom. The summed E-state index contributed by atoms with van der Waals surface area (Å²) in [6.45, 7) is 4.10.